The Balaban J connectivity index is 2.77. The number of para-hydroxylation sites is 1. The van der Waals surface area contributed by atoms with Crippen LogP contribution in [0.25, 0.3) is 10.9 Å². The molecule has 4 nitrogen and oxygen atoms in total. The summed E-state index contributed by atoms with van der Waals surface area (Å²) >= 11 is 0. The molecule has 0 aliphatic rings. The van der Waals surface area contributed by atoms with E-state index < -0.39 is 6.09 Å². The van der Waals surface area contributed by atoms with Gasteiger partial charge >= 0.3 is 6.09 Å². The number of carbonyl (C=O) groups excluding carboxylic acids is 2. The highest BCUT2D eigenvalue weighted by Crippen LogP contribution is 2.20. The molecule has 0 amide bonds. The molecule has 0 radical (unpaired) electrons. The van der Waals surface area contributed by atoms with Crippen molar-refractivity contribution in [2.75, 3.05) is 7.11 Å². The van der Waals surface area contributed by atoms with Crippen LogP contribution in [0.3, 0.4) is 0 Å². The number of fused-ring (bicyclic) bond motifs is 1. The molecule has 16 heavy (non-hydrogen) atoms. The van der Waals surface area contributed by atoms with E-state index in [9.17, 15) is 9.59 Å². The molecule has 2 aromatic rings. The molecule has 0 spiro atoms. The number of hydrogen-bond acceptors (Lipinski definition) is 3. The Hall–Kier alpha value is -2.10. The first-order chi connectivity index (χ1) is 7.65. The van der Waals surface area contributed by atoms with E-state index in [2.05, 4.69) is 4.74 Å². The molecule has 0 unspecified atom stereocenters. The van der Waals surface area contributed by atoms with Crippen LogP contribution in [0.5, 0.6) is 0 Å². The lowest BCUT2D eigenvalue weighted by Crippen LogP contribution is -2.11. The first-order valence-corrected chi connectivity index (χ1v) is 4.84. The fraction of sp³-hybridized carbons (Fsp3) is 0.167. The zero-order valence-electron chi connectivity index (χ0n) is 9.06. The van der Waals surface area contributed by atoms with Crippen LogP contribution in [-0.2, 0) is 4.74 Å². The van der Waals surface area contributed by atoms with Gasteiger partial charge in [-0.1, -0.05) is 12.1 Å². The topological polar surface area (TPSA) is 48.3 Å². The van der Waals surface area contributed by atoms with Gasteiger partial charge in [0.15, 0.2) is 5.78 Å². The highest BCUT2D eigenvalue weighted by molar-refractivity contribution is 6.07. The number of aromatic nitrogens is 1. The largest absolute Gasteiger partial charge is 0.452 e. The summed E-state index contributed by atoms with van der Waals surface area (Å²) in [6, 6.07) is 7.12. The maximum atomic E-state index is 11.5. The number of Topliss-reactive ketones (excluding diaryl/α,β-unsaturated/α-hetero) is 1. The predicted octanol–water partition coefficient (Wildman–Crippen LogP) is 2.46. The number of carbonyl (C=O) groups is 2. The van der Waals surface area contributed by atoms with Crippen LogP contribution >= 0.6 is 0 Å². The second-order valence-corrected chi connectivity index (χ2v) is 3.46. The highest BCUT2D eigenvalue weighted by atomic mass is 16.5. The van der Waals surface area contributed by atoms with Crippen molar-refractivity contribution >= 4 is 22.8 Å². The second-order valence-electron chi connectivity index (χ2n) is 3.46. The minimum absolute atomic E-state index is 0.0746. The average Bonchev–Trinajstić information content (AvgIpc) is 2.71. The van der Waals surface area contributed by atoms with Gasteiger partial charge in [-0.2, -0.15) is 0 Å². The number of hydrogen-bond donors (Lipinski definition) is 0. The first kappa shape index (κ1) is 10.4. The first-order valence-electron chi connectivity index (χ1n) is 4.84. The van der Waals surface area contributed by atoms with Crippen LogP contribution in [0.2, 0.25) is 0 Å². The number of methoxy groups -OCH3 is 1. The Kier molecular flexibility index (Phi) is 2.48. The van der Waals surface area contributed by atoms with E-state index >= 15 is 0 Å². The van der Waals surface area contributed by atoms with Crippen LogP contribution in [0, 0.1) is 0 Å². The third-order valence-electron chi connectivity index (χ3n) is 2.46. The van der Waals surface area contributed by atoms with Gasteiger partial charge in [-0.15, -0.1) is 0 Å². The van der Waals surface area contributed by atoms with Crippen LogP contribution < -0.4 is 0 Å². The molecule has 1 aromatic heterocycles. The second kappa shape index (κ2) is 3.81. The zero-order chi connectivity index (χ0) is 11.7. The van der Waals surface area contributed by atoms with E-state index in [1.807, 2.05) is 6.07 Å². The molecule has 0 N–H and O–H groups in total. The van der Waals surface area contributed by atoms with E-state index in [1.165, 1.54) is 18.6 Å². The molecule has 0 saturated carbocycles. The Labute approximate surface area is 92.4 Å². The van der Waals surface area contributed by atoms with Gasteiger partial charge in [-0.3, -0.25) is 9.36 Å². The van der Waals surface area contributed by atoms with E-state index in [1.54, 1.807) is 24.4 Å². The summed E-state index contributed by atoms with van der Waals surface area (Å²) in [5.74, 6) is -0.0746. The van der Waals surface area contributed by atoms with Crippen molar-refractivity contribution in [3.8, 4) is 0 Å². The summed E-state index contributed by atoms with van der Waals surface area (Å²) in [5.41, 5.74) is 1.12. The molecular weight excluding hydrogens is 206 g/mol. The molecule has 2 rings (SSSR count). The van der Waals surface area contributed by atoms with Gasteiger partial charge in [0.05, 0.1) is 12.6 Å². The molecule has 1 aromatic carbocycles. The maximum absolute atomic E-state index is 11.5. The standard InChI is InChI=1S/C12H11NO3/c1-8(14)10-5-3-4-9-6-7-13(11(9)10)12(15)16-2/h3-7H,1-2H3. The van der Waals surface area contributed by atoms with Crippen molar-refractivity contribution < 1.29 is 14.3 Å². The van der Waals surface area contributed by atoms with Crippen molar-refractivity contribution in [1.82, 2.24) is 4.57 Å². The number of rotatable bonds is 1. The molecule has 0 aliphatic heterocycles. The maximum Gasteiger partial charge on any atom is 0.418 e. The molecule has 0 saturated heterocycles. The fourth-order valence-electron chi connectivity index (χ4n) is 1.73. The third kappa shape index (κ3) is 1.48. The zero-order valence-corrected chi connectivity index (χ0v) is 9.06. The van der Waals surface area contributed by atoms with E-state index in [0.717, 1.165) is 5.39 Å². The van der Waals surface area contributed by atoms with E-state index in [4.69, 9.17) is 0 Å². The SMILES string of the molecule is COC(=O)n1ccc2cccc(C(C)=O)c21. The number of nitrogens with zero attached hydrogens (tertiary/aromatic N) is 1. The van der Waals surface area contributed by atoms with Gasteiger partial charge in [-0.25, -0.2) is 4.79 Å². The minimum Gasteiger partial charge on any atom is -0.452 e. The van der Waals surface area contributed by atoms with Crippen molar-refractivity contribution in [3.05, 3.63) is 36.0 Å². The molecule has 0 bridgehead atoms. The summed E-state index contributed by atoms with van der Waals surface area (Å²) in [7, 11) is 1.31. The van der Waals surface area contributed by atoms with Gasteiger partial charge in [0.2, 0.25) is 0 Å². The van der Waals surface area contributed by atoms with Crippen LogP contribution in [0.4, 0.5) is 4.79 Å². The highest BCUT2D eigenvalue weighted by Gasteiger charge is 2.14. The summed E-state index contributed by atoms with van der Waals surface area (Å²) in [5, 5.41) is 0.845. The molecular formula is C12H11NO3. The number of ketones is 1. The van der Waals surface area contributed by atoms with Crippen molar-refractivity contribution in [3.63, 3.8) is 0 Å². The summed E-state index contributed by atoms with van der Waals surface area (Å²) in [6.45, 7) is 1.48. The third-order valence-corrected chi connectivity index (χ3v) is 2.46. The Morgan fingerprint density at radius 1 is 1.25 bits per heavy atom. The van der Waals surface area contributed by atoms with Crippen LogP contribution in [-0.4, -0.2) is 23.6 Å². The molecule has 1 heterocycles. The molecule has 4 heteroatoms. The fourth-order valence-corrected chi connectivity index (χ4v) is 1.73. The summed E-state index contributed by atoms with van der Waals surface area (Å²) < 4.78 is 5.99. The minimum atomic E-state index is -0.497. The molecule has 82 valence electrons. The van der Waals surface area contributed by atoms with Gasteiger partial charge in [0, 0.05) is 17.1 Å². The Bertz CT molecular complexity index is 569. The van der Waals surface area contributed by atoms with E-state index in [-0.39, 0.29) is 5.78 Å². The van der Waals surface area contributed by atoms with Crippen LogP contribution in [0.1, 0.15) is 17.3 Å². The number of ether oxygens (including phenoxy) is 1. The van der Waals surface area contributed by atoms with Crippen molar-refractivity contribution in [2.24, 2.45) is 0 Å². The van der Waals surface area contributed by atoms with Gasteiger partial charge in [0.1, 0.15) is 0 Å². The molecule has 0 atom stereocenters. The van der Waals surface area contributed by atoms with Crippen molar-refractivity contribution in [2.45, 2.75) is 6.92 Å². The van der Waals surface area contributed by atoms with Gasteiger partial charge in [0.25, 0.3) is 0 Å². The lowest BCUT2D eigenvalue weighted by atomic mass is 10.1. The Morgan fingerprint density at radius 2 is 2.00 bits per heavy atom. The monoisotopic (exact) mass is 217 g/mol. The van der Waals surface area contributed by atoms with Crippen molar-refractivity contribution in [1.29, 1.82) is 0 Å². The van der Waals surface area contributed by atoms with Gasteiger partial charge in [-0.05, 0) is 19.1 Å². The summed E-state index contributed by atoms with van der Waals surface area (Å²) in [4.78, 5) is 22.9. The summed E-state index contributed by atoms with van der Waals surface area (Å²) in [6.07, 6.45) is 1.10. The lowest BCUT2D eigenvalue weighted by Gasteiger charge is -2.05. The smallest absolute Gasteiger partial charge is 0.418 e. The lowest BCUT2D eigenvalue weighted by molar-refractivity contribution is 0.101. The average molecular weight is 217 g/mol. The quantitative estimate of drug-likeness (QED) is 0.689. The van der Waals surface area contributed by atoms with Gasteiger partial charge < -0.3 is 4.74 Å². The molecule has 0 fully saturated rings. The number of benzene rings is 1. The predicted molar refractivity (Wildman–Crippen MR) is 59.7 cm³/mol. The molecule has 0 aliphatic carbocycles. The Morgan fingerprint density at radius 3 is 2.62 bits per heavy atom. The normalized spacial score (nSPS) is 10.4. The van der Waals surface area contributed by atoms with Crippen LogP contribution in [0.15, 0.2) is 30.5 Å². The van der Waals surface area contributed by atoms with E-state index in [0.29, 0.717) is 11.1 Å².